The topological polar surface area (TPSA) is 15.3 Å². The fourth-order valence-electron chi connectivity index (χ4n) is 2.05. The van der Waals surface area contributed by atoms with E-state index >= 15 is 0 Å². The quantitative estimate of drug-likeness (QED) is 0.701. The van der Waals surface area contributed by atoms with E-state index in [1.165, 1.54) is 51.9 Å². The van der Waals surface area contributed by atoms with Gasteiger partial charge in [-0.1, -0.05) is 20.3 Å². The molecule has 0 amide bonds. The van der Waals surface area contributed by atoms with Crippen molar-refractivity contribution in [3.05, 3.63) is 0 Å². The van der Waals surface area contributed by atoms with E-state index in [4.69, 9.17) is 0 Å². The Balaban J connectivity index is 2.09. The first-order valence-electron chi connectivity index (χ1n) is 5.82. The second-order valence-electron chi connectivity index (χ2n) is 3.96. The summed E-state index contributed by atoms with van der Waals surface area (Å²) in [7, 11) is 0. The molecule has 0 aromatic heterocycles. The summed E-state index contributed by atoms with van der Waals surface area (Å²) in [6, 6.07) is 0.800. The summed E-state index contributed by atoms with van der Waals surface area (Å²) in [5.74, 6) is 0. The standard InChI is InChI=1S/C11H24N2/c1-3-13(4-2)10-8-11-7-5-6-9-12-11/h11-12H,3-10H2,1-2H3. The Bertz CT molecular complexity index is 115. The smallest absolute Gasteiger partial charge is 0.00792 e. The first-order valence-corrected chi connectivity index (χ1v) is 5.82. The van der Waals surface area contributed by atoms with Gasteiger partial charge in [0.2, 0.25) is 0 Å². The van der Waals surface area contributed by atoms with Crippen LogP contribution in [-0.2, 0) is 0 Å². The van der Waals surface area contributed by atoms with Crippen LogP contribution in [0.4, 0.5) is 0 Å². The molecule has 0 aliphatic carbocycles. The first-order chi connectivity index (χ1) is 6.36. The van der Waals surface area contributed by atoms with Gasteiger partial charge in [0.25, 0.3) is 0 Å². The van der Waals surface area contributed by atoms with E-state index < -0.39 is 0 Å². The van der Waals surface area contributed by atoms with E-state index in [1.807, 2.05) is 0 Å². The zero-order chi connectivity index (χ0) is 9.52. The number of hydrogen-bond acceptors (Lipinski definition) is 2. The molecule has 0 bridgehead atoms. The summed E-state index contributed by atoms with van der Waals surface area (Å²) < 4.78 is 0. The largest absolute Gasteiger partial charge is 0.314 e. The predicted octanol–water partition coefficient (Wildman–Crippen LogP) is 1.86. The van der Waals surface area contributed by atoms with E-state index in [0.717, 1.165) is 6.04 Å². The van der Waals surface area contributed by atoms with Crippen molar-refractivity contribution in [1.82, 2.24) is 10.2 Å². The van der Waals surface area contributed by atoms with Crippen LogP contribution in [0.15, 0.2) is 0 Å². The highest BCUT2D eigenvalue weighted by Crippen LogP contribution is 2.10. The number of piperidine rings is 1. The minimum atomic E-state index is 0.800. The van der Waals surface area contributed by atoms with Crippen LogP contribution in [0.25, 0.3) is 0 Å². The zero-order valence-electron chi connectivity index (χ0n) is 9.18. The lowest BCUT2D eigenvalue weighted by Crippen LogP contribution is -2.37. The van der Waals surface area contributed by atoms with Crippen molar-refractivity contribution >= 4 is 0 Å². The Labute approximate surface area is 82.7 Å². The lowest BCUT2D eigenvalue weighted by Gasteiger charge is -2.26. The predicted molar refractivity (Wildman–Crippen MR) is 58.0 cm³/mol. The van der Waals surface area contributed by atoms with Crippen molar-refractivity contribution in [2.24, 2.45) is 0 Å². The Hall–Kier alpha value is -0.0800. The molecule has 0 aromatic carbocycles. The summed E-state index contributed by atoms with van der Waals surface area (Å²) in [4.78, 5) is 2.51. The average molecular weight is 184 g/mol. The van der Waals surface area contributed by atoms with E-state index in [0.29, 0.717) is 0 Å². The lowest BCUT2D eigenvalue weighted by atomic mass is 10.0. The number of nitrogens with zero attached hydrogens (tertiary/aromatic N) is 1. The molecule has 0 radical (unpaired) electrons. The van der Waals surface area contributed by atoms with Crippen LogP contribution in [0.2, 0.25) is 0 Å². The molecule has 1 saturated heterocycles. The average Bonchev–Trinajstić information content (AvgIpc) is 2.21. The normalized spacial score (nSPS) is 23.8. The SMILES string of the molecule is CCN(CC)CCC1CCCCN1. The van der Waals surface area contributed by atoms with E-state index in [9.17, 15) is 0 Å². The maximum absolute atomic E-state index is 3.60. The van der Waals surface area contributed by atoms with E-state index in [2.05, 4.69) is 24.1 Å². The monoisotopic (exact) mass is 184 g/mol. The summed E-state index contributed by atoms with van der Waals surface area (Å²) in [6.07, 6.45) is 5.53. The molecule has 0 spiro atoms. The second-order valence-corrected chi connectivity index (χ2v) is 3.96. The molecule has 1 heterocycles. The fourth-order valence-corrected chi connectivity index (χ4v) is 2.05. The molecular weight excluding hydrogens is 160 g/mol. The van der Waals surface area contributed by atoms with Crippen LogP contribution in [-0.4, -0.2) is 37.1 Å². The van der Waals surface area contributed by atoms with Gasteiger partial charge < -0.3 is 10.2 Å². The van der Waals surface area contributed by atoms with Crippen molar-refractivity contribution in [3.8, 4) is 0 Å². The molecule has 1 unspecified atom stereocenters. The molecular formula is C11H24N2. The number of rotatable bonds is 5. The highest BCUT2D eigenvalue weighted by atomic mass is 15.1. The zero-order valence-corrected chi connectivity index (χ0v) is 9.18. The molecule has 0 saturated carbocycles. The van der Waals surface area contributed by atoms with Gasteiger partial charge in [-0.15, -0.1) is 0 Å². The molecule has 2 heteroatoms. The second kappa shape index (κ2) is 6.39. The van der Waals surface area contributed by atoms with Crippen LogP contribution >= 0.6 is 0 Å². The van der Waals surface area contributed by atoms with Crippen molar-refractivity contribution < 1.29 is 0 Å². The Morgan fingerprint density at radius 1 is 1.23 bits per heavy atom. The van der Waals surface area contributed by atoms with Gasteiger partial charge in [0, 0.05) is 6.04 Å². The summed E-state index contributed by atoms with van der Waals surface area (Å²) in [5, 5.41) is 3.60. The molecule has 0 aromatic rings. The van der Waals surface area contributed by atoms with Crippen LogP contribution < -0.4 is 5.32 Å². The molecule has 2 nitrogen and oxygen atoms in total. The van der Waals surface area contributed by atoms with Crippen molar-refractivity contribution in [1.29, 1.82) is 0 Å². The molecule has 1 fully saturated rings. The van der Waals surface area contributed by atoms with Crippen molar-refractivity contribution in [3.63, 3.8) is 0 Å². The summed E-state index contributed by atoms with van der Waals surface area (Å²) in [5.41, 5.74) is 0. The van der Waals surface area contributed by atoms with E-state index in [1.54, 1.807) is 0 Å². The van der Waals surface area contributed by atoms with Gasteiger partial charge in [-0.2, -0.15) is 0 Å². The van der Waals surface area contributed by atoms with Crippen LogP contribution in [0.5, 0.6) is 0 Å². The fraction of sp³-hybridized carbons (Fsp3) is 1.00. The Kier molecular flexibility index (Phi) is 5.40. The summed E-state index contributed by atoms with van der Waals surface area (Å²) in [6.45, 7) is 9.40. The molecule has 1 atom stereocenters. The molecule has 1 aliphatic rings. The van der Waals surface area contributed by atoms with Gasteiger partial charge in [-0.3, -0.25) is 0 Å². The first kappa shape index (κ1) is 11.0. The minimum Gasteiger partial charge on any atom is -0.314 e. The third-order valence-electron chi connectivity index (χ3n) is 3.10. The minimum absolute atomic E-state index is 0.800. The van der Waals surface area contributed by atoms with Gasteiger partial charge >= 0.3 is 0 Å². The van der Waals surface area contributed by atoms with Crippen LogP contribution in [0.3, 0.4) is 0 Å². The highest BCUT2D eigenvalue weighted by molar-refractivity contribution is 4.73. The molecule has 78 valence electrons. The molecule has 1 aliphatic heterocycles. The maximum atomic E-state index is 3.60. The highest BCUT2D eigenvalue weighted by Gasteiger charge is 2.12. The van der Waals surface area contributed by atoms with Gasteiger partial charge in [-0.05, 0) is 45.4 Å². The van der Waals surface area contributed by atoms with Crippen LogP contribution in [0.1, 0.15) is 39.5 Å². The molecule has 13 heavy (non-hydrogen) atoms. The van der Waals surface area contributed by atoms with Gasteiger partial charge in [0.05, 0.1) is 0 Å². The van der Waals surface area contributed by atoms with Gasteiger partial charge in [-0.25, -0.2) is 0 Å². The third-order valence-corrected chi connectivity index (χ3v) is 3.10. The number of hydrogen-bond donors (Lipinski definition) is 1. The lowest BCUT2D eigenvalue weighted by molar-refractivity contribution is 0.267. The number of nitrogens with one attached hydrogen (secondary N) is 1. The molecule has 1 N–H and O–H groups in total. The van der Waals surface area contributed by atoms with Crippen molar-refractivity contribution in [2.75, 3.05) is 26.2 Å². The maximum Gasteiger partial charge on any atom is 0.00792 e. The van der Waals surface area contributed by atoms with E-state index in [-0.39, 0.29) is 0 Å². The summed E-state index contributed by atoms with van der Waals surface area (Å²) >= 11 is 0. The Morgan fingerprint density at radius 3 is 2.54 bits per heavy atom. The Morgan fingerprint density at radius 2 is 2.00 bits per heavy atom. The third kappa shape index (κ3) is 4.10. The van der Waals surface area contributed by atoms with Crippen molar-refractivity contribution in [2.45, 2.75) is 45.6 Å². The molecule has 1 rings (SSSR count). The van der Waals surface area contributed by atoms with Gasteiger partial charge in [0.15, 0.2) is 0 Å². The van der Waals surface area contributed by atoms with Gasteiger partial charge in [0.1, 0.15) is 0 Å². The van der Waals surface area contributed by atoms with Crippen LogP contribution in [0, 0.1) is 0 Å².